The summed E-state index contributed by atoms with van der Waals surface area (Å²) in [6.45, 7) is -0.114. The highest BCUT2D eigenvalue weighted by molar-refractivity contribution is 7.91. The van der Waals surface area contributed by atoms with Crippen molar-refractivity contribution in [3.8, 4) is 5.75 Å². The Morgan fingerprint density at radius 1 is 1.27 bits per heavy atom. The summed E-state index contributed by atoms with van der Waals surface area (Å²) in [6, 6.07) is 6.49. The van der Waals surface area contributed by atoms with Crippen molar-refractivity contribution in [1.82, 2.24) is 4.31 Å². The van der Waals surface area contributed by atoms with Crippen molar-refractivity contribution >= 4 is 19.9 Å². The molecule has 10 heteroatoms. The van der Waals surface area contributed by atoms with Gasteiger partial charge in [-0.3, -0.25) is 0 Å². The topological polar surface area (TPSA) is 93.9 Å². The summed E-state index contributed by atoms with van der Waals surface area (Å²) in [5, 5.41) is -0.828. The first-order chi connectivity index (χ1) is 12.2. The number of halogens is 1. The molecule has 0 saturated carbocycles. The summed E-state index contributed by atoms with van der Waals surface area (Å²) in [7, 11) is -6.28. The average Bonchev–Trinajstić information content (AvgIpc) is 3.26. The summed E-state index contributed by atoms with van der Waals surface area (Å²) in [6.07, 6.45) is 1.56. The molecule has 1 aromatic heterocycles. The maximum absolute atomic E-state index is 13.8. The summed E-state index contributed by atoms with van der Waals surface area (Å²) < 4.78 is 75.1. The van der Waals surface area contributed by atoms with Crippen LogP contribution in [-0.4, -0.2) is 46.6 Å². The summed E-state index contributed by atoms with van der Waals surface area (Å²) in [5.74, 6) is -0.835. The Hall–Kier alpha value is -1.91. The molecule has 0 spiro atoms. The zero-order chi connectivity index (χ0) is 18.9. The fraction of sp³-hybridized carbons (Fsp3) is 0.375. The number of benzene rings is 1. The minimum Gasteiger partial charge on any atom is -0.494 e. The van der Waals surface area contributed by atoms with Crippen LogP contribution in [0.2, 0.25) is 0 Å². The molecule has 3 rings (SSSR count). The highest BCUT2D eigenvalue weighted by Gasteiger charge is 2.39. The number of sulfonamides is 1. The van der Waals surface area contributed by atoms with Crippen LogP contribution in [0.1, 0.15) is 12.2 Å². The molecule has 7 nitrogen and oxygen atoms in total. The molecular weight excluding hydrogens is 385 g/mol. The minimum absolute atomic E-state index is 0.0536. The lowest BCUT2D eigenvalue weighted by Gasteiger charge is -2.17. The van der Waals surface area contributed by atoms with Crippen molar-refractivity contribution in [1.29, 1.82) is 0 Å². The Balaban J connectivity index is 1.78. The molecular formula is C16H18FNO6S2. The number of sulfone groups is 1. The number of furan rings is 1. The molecule has 1 aromatic carbocycles. The molecule has 142 valence electrons. The predicted molar refractivity (Wildman–Crippen MR) is 91.4 cm³/mol. The van der Waals surface area contributed by atoms with Crippen molar-refractivity contribution < 1.29 is 30.4 Å². The van der Waals surface area contributed by atoms with Gasteiger partial charge in [-0.05, 0) is 36.8 Å². The number of nitrogens with zero attached hydrogens (tertiary/aromatic N) is 1. The minimum atomic E-state index is -3.99. The molecule has 0 amide bonds. The lowest BCUT2D eigenvalue weighted by atomic mass is 10.3. The third kappa shape index (κ3) is 3.62. The largest absolute Gasteiger partial charge is 0.494 e. The third-order valence-corrected chi connectivity index (χ3v) is 8.25. The predicted octanol–water partition coefficient (Wildman–Crippen LogP) is 1.81. The molecule has 2 heterocycles. The molecule has 1 unspecified atom stereocenters. The van der Waals surface area contributed by atoms with Gasteiger partial charge < -0.3 is 9.15 Å². The van der Waals surface area contributed by atoms with Gasteiger partial charge in [0.15, 0.2) is 21.4 Å². The number of hydrogen-bond acceptors (Lipinski definition) is 6. The van der Waals surface area contributed by atoms with E-state index in [1.54, 1.807) is 12.1 Å². The third-order valence-electron chi connectivity index (χ3n) is 4.30. The Bertz CT molecular complexity index is 986. The Kier molecular flexibility index (Phi) is 5.09. The van der Waals surface area contributed by atoms with Crippen LogP contribution < -0.4 is 4.74 Å². The summed E-state index contributed by atoms with van der Waals surface area (Å²) in [5.41, 5.74) is 0. The van der Waals surface area contributed by atoms with Gasteiger partial charge in [-0.25, -0.2) is 21.2 Å². The van der Waals surface area contributed by atoms with E-state index in [0.717, 1.165) is 10.4 Å². The maximum atomic E-state index is 13.8. The van der Waals surface area contributed by atoms with Gasteiger partial charge in [-0.15, -0.1) is 0 Å². The van der Waals surface area contributed by atoms with Gasteiger partial charge in [-0.1, -0.05) is 0 Å². The van der Waals surface area contributed by atoms with E-state index in [1.165, 1.54) is 25.5 Å². The molecule has 0 bridgehead atoms. The Labute approximate surface area is 151 Å². The molecule has 0 radical (unpaired) electrons. The second-order valence-corrected chi connectivity index (χ2v) is 10.2. The average molecular weight is 403 g/mol. The molecule has 1 fully saturated rings. The quantitative estimate of drug-likeness (QED) is 0.730. The van der Waals surface area contributed by atoms with Gasteiger partial charge in [0.05, 0.1) is 23.5 Å². The number of hydrogen-bond donors (Lipinski definition) is 0. The first kappa shape index (κ1) is 18.9. The zero-order valence-electron chi connectivity index (χ0n) is 14.0. The lowest BCUT2D eigenvalue weighted by Crippen LogP contribution is -2.32. The van der Waals surface area contributed by atoms with Crippen molar-refractivity contribution in [2.24, 2.45) is 0 Å². The summed E-state index contributed by atoms with van der Waals surface area (Å²) >= 11 is 0. The number of rotatable bonds is 6. The molecule has 2 aromatic rings. The fourth-order valence-electron chi connectivity index (χ4n) is 2.88. The Morgan fingerprint density at radius 2 is 2.04 bits per heavy atom. The number of methoxy groups -OCH3 is 1. The van der Waals surface area contributed by atoms with Crippen molar-refractivity contribution in [2.75, 3.05) is 20.2 Å². The van der Waals surface area contributed by atoms with E-state index >= 15 is 0 Å². The van der Waals surface area contributed by atoms with E-state index in [-0.39, 0.29) is 35.9 Å². The Morgan fingerprint density at radius 3 is 2.65 bits per heavy atom. The van der Waals surface area contributed by atoms with Crippen LogP contribution in [-0.2, 0) is 25.6 Å². The van der Waals surface area contributed by atoms with Gasteiger partial charge in [0, 0.05) is 13.1 Å². The van der Waals surface area contributed by atoms with E-state index < -0.39 is 30.9 Å². The van der Waals surface area contributed by atoms with Gasteiger partial charge >= 0.3 is 0 Å². The van der Waals surface area contributed by atoms with Crippen LogP contribution in [0.3, 0.4) is 0 Å². The molecule has 0 aliphatic carbocycles. The van der Waals surface area contributed by atoms with Crippen molar-refractivity contribution in [3.05, 3.63) is 48.2 Å². The molecule has 1 aliphatic rings. The molecule has 1 saturated heterocycles. The normalized spacial score (nSPS) is 18.9. The van der Waals surface area contributed by atoms with Crippen LogP contribution in [0, 0.1) is 5.82 Å². The van der Waals surface area contributed by atoms with E-state index in [9.17, 15) is 21.2 Å². The molecule has 0 N–H and O–H groups in total. The zero-order valence-corrected chi connectivity index (χ0v) is 15.6. The highest BCUT2D eigenvalue weighted by Crippen LogP contribution is 2.28. The second-order valence-electron chi connectivity index (χ2n) is 5.96. The standard InChI is InChI=1S/C16H18FNO6S2/c1-23-16-5-4-13(9-15(16)17)26(21,22)18-7-6-14(10-18)25(19,20)11-12-3-2-8-24-12/h2-5,8-9,14H,6-7,10-11H2,1H3. The van der Waals surface area contributed by atoms with Crippen molar-refractivity contribution in [2.45, 2.75) is 22.3 Å². The van der Waals surface area contributed by atoms with Gasteiger partial charge in [0.1, 0.15) is 11.5 Å². The lowest BCUT2D eigenvalue weighted by molar-refractivity contribution is 0.385. The van der Waals surface area contributed by atoms with E-state index in [2.05, 4.69) is 0 Å². The van der Waals surface area contributed by atoms with Crippen LogP contribution in [0.25, 0.3) is 0 Å². The fourth-order valence-corrected chi connectivity index (χ4v) is 6.15. The van der Waals surface area contributed by atoms with Crippen molar-refractivity contribution in [3.63, 3.8) is 0 Å². The van der Waals surface area contributed by atoms with Crippen LogP contribution in [0.4, 0.5) is 4.39 Å². The van der Waals surface area contributed by atoms with Gasteiger partial charge in [0.2, 0.25) is 10.0 Å². The first-order valence-corrected chi connectivity index (χ1v) is 11.0. The molecule has 26 heavy (non-hydrogen) atoms. The smallest absolute Gasteiger partial charge is 0.243 e. The highest BCUT2D eigenvalue weighted by atomic mass is 32.2. The molecule has 1 aliphatic heterocycles. The van der Waals surface area contributed by atoms with Gasteiger partial charge in [-0.2, -0.15) is 4.31 Å². The van der Waals surface area contributed by atoms with E-state index in [0.29, 0.717) is 5.76 Å². The maximum Gasteiger partial charge on any atom is 0.243 e. The van der Waals surface area contributed by atoms with Crippen LogP contribution in [0.5, 0.6) is 5.75 Å². The SMILES string of the molecule is COc1ccc(S(=O)(=O)N2CCC(S(=O)(=O)Cc3ccco3)C2)cc1F. The number of ether oxygens (including phenoxy) is 1. The van der Waals surface area contributed by atoms with E-state index in [4.69, 9.17) is 9.15 Å². The van der Waals surface area contributed by atoms with Crippen LogP contribution >= 0.6 is 0 Å². The summed E-state index contributed by atoms with van der Waals surface area (Å²) in [4.78, 5) is -0.236. The van der Waals surface area contributed by atoms with Crippen LogP contribution in [0.15, 0.2) is 45.9 Å². The van der Waals surface area contributed by atoms with Gasteiger partial charge in [0.25, 0.3) is 0 Å². The second kappa shape index (κ2) is 7.01. The first-order valence-electron chi connectivity index (χ1n) is 7.81. The molecule has 1 atom stereocenters. The monoisotopic (exact) mass is 403 g/mol. The van der Waals surface area contributed by atoms with E-state index in [1.807, 2.05) is 0 Å².